The third-order valence-electron chi connectivity index (χ3n) is 1.18. The second kappa shape index (κ2) is 5.28. The van der Waals surface area contributed by atoms with Gasteiger partial charge in [0.15, 0.2) is 0 Å². The summed E-state index contributed by atoms with van der Waals surface area (Å²) in [4.78, 5) is 1.28. The van der Waals surface area contributed by atoms with Crippen molar-refractivity contribution in [3.8, 4) is 0 Å². The molecule has 1 aromatic carbocycles. The van der Waals surface area contributed by atoms with Gasteiger partial charge in [-0.3, -0.25) is 0 Å². The molecule has 0 nitrogen and oxygen atoms in total. The molecule has 2 heteroatoms. The van der Waals surface area contributed by atoms with Crippen molar-refractivity contribution in [2.75, 3.05) is 5.75 Å². The van der Waals surface area contributed by atoms with E-state index in [2.05, 4.69) is 12.1 Å². The number of rotatable bonds is 3. The Morgan fingerprint density at radius 1 is 1.27 bits per heavy atom. The first-order chi connectivity index (χ1) is 5.43. The lowest BCUT2D eigenvalue weighted by Crippen LogP contribution is -1.70. The lowest BCUT2D eigenvalue weighted by atomic mass is 10.4. The largest absolute Gasteiger partial charge is 0.122 e. The van der Waals surface area contributed by atoms with Crippen molar-refractivity contribution in [2.24, 2.45) is 0 Å². The van der Waals surface area contributed by atoms with Gasteiger partial charge in [0.05, 0.1) is 0 Å². The highest BCUT2D eigenvalue weighted by molar-refractivity contribution is 7.99. The maximum absolute atomic E-state index is 5.37. The second-order valence-corrected chi connectivity index (χ2v) is 3.33. The lowest BCUT2D eigenvalue weighted by Gasteiger charge is -1.94. The van der Waals surface area contributed by atoms with Gasteiger partial charge in [-0.1, -0.05) is 35.9 Å². The van der Waals surface area contributed by atoms with Crippen LogP contribution in [0, 0.1) is 0 Å². The fourth-order valence-corrected chi connectivity index (χ4v) is 1.63. The Balaban J connectivity index is 2.39. The summed E-state index contributed by atoms with van der Waals surface area (Å²) in [6.07, 6.45) is 1.93. The van der Waals surface area contributed by atoms with Crippen molar-refractivity contribution < 1.29 is 0 Å². The second-order valence-electron chi connectivity index (χ2n) is 1.99. The standard InChI is InChI=1S/C9H9ClS/c10-7-4-8-11-9-5-2-1-3-6-9/h1-7H,8H2/b7-4-. The molecule has 0 radical (unpaired) electrons. The van der Waals surface area contributed by atoms with Crippen LogP contribution in [-0.2, 0) is 0 Å². The van der Waals surface area contributed by atoms with E-state index in [1.807, 2.05) is 24.3 Å². The quantitative estimate of drug-likeness (QED) is 0.648. The smallest absolute Gasteiger partial charge is 0.0172 e. The van der Waals surface area contributed by atoms with E-state index in [1.165, 1.54) is 4.90 Å². The molecule has 0 aliphatic rings. The predicted molar refractivity (Wildman–Crippen MR) is 52.2 cm³/mol. The van der Waals surface area contributed by atoms with Gasteiger partial charge in [0.1, 0.15) is 0 Å². The summed E-state index contributed by atoms with van der Waals surface area (Å²) >= 11 is 7.15. The zero-order valence-corrected chi connectivity index (χ0v) is 7.61. The van der Waals surface area contributed by atoms with Crippen molar-refractivity contribution >= 4 is 23.4 Å². The molecule has 1 aromatic rings. The van der Waals surface area contributed by atoms with Gasteiger partial charge in [-0.05, 0) is 12.1 Å². The molecule has 1 rings (SSSR count). The van der Waals surface area contributed by atoms with Gasteiger partial charge in [0.2, 0.25) is 0 Å². The average molecular weight is 185 g/mol. The Bertz CT molecular complexity index is 218. The SMILES string of the molecule is Cl/C=C\CSc1ccccc1. The maximum atomic E-state index is 5.37. The lowest BCUT2D eigenvalue weighted by molar-refractivity contribution is 1.46. The van der Waals surface area contributed by atoms with Crippen LogP contribution in [0.5, 0.6) is 0 Å². The molecule has 0 atom stereocenters. The molecule has 0 aromatic heterocycles. The van der Waals surface area contributed by atoms with E-state index in [0.717, 1.165) is 5.75 Å². The van der Waals surface area contributed by atoms with Crippen LogP contribution in [-0.4, -0.2) is 5.75 Å². The van der Waals surface area contributed by atoms with Gasteiger partial charge in [-0.15, -0.1) is 11.8 Å². The summed E-state index contributed by atoms with van der Waals surface area (Å²) in [5.41, 5.74) is 1.55. The van der Waals surface area contributed by atoms with Crippen molar-refractivity contribution in [2.45, 2.75) is 4.90 Å². The summed E-state index contributed by atoms with van der Waals surface area (Å²) in [5.74, 6) is 0.938. The summed E-state index contributed by atoms with van der Waals surface area (Å²) in [7, 11) is 0. The first-order valence-electron chi connectivity index (χ1n) is 3.36. The molecule has 0 heterocycles. The molecule has 11 heavy (non-hydrogen) atoms. The third kappa shape index (κ3) is 3.49. The molecule has 0 N–H and O–H groups in total. The Kier molecular flexibility index (Phi) is 4.17. The predicted octanol–water partition coefficient (Wildman–Crippen LogP) is 3.53. The molecule has 0 saturated heterocycles. The molecule has 0 unspecified atom stereocenters. The highest BCUT2D eigenvalue weighted by atomic mass is 35.5. The van der Waals surface area contributed by atoms with E-state index < -0.39 is 0 Å². The highest BCUT2D eigenvalue weighted by Crippen LogP contribution is 2.16. The minimum atomic E-state index is 0.938. The maximum Gasteiger partial charge on any atom is 0.0172 e. The van der Waals surface area contributed by atoms with Gasteiger partial charge in [-0.2, -0.15) is 0 Å². The van der Waals surface area contributed by atoms with Crippen molar-refractivity contribution in [3.05, 3.63) is 41.9 Å². The van der Waals surface area contributed by atoms with Crippen LogP contribution in [0.1, 0.15) is 0 Å². The Hall–Kier alpha value is -0.400. The van der Waals surface area contributed by atoms with E-state index >= 15 is 0 Å². The van der Waals surface area contributed by atoms with Gasteiger partial charge in [0.25, 0.3) is 0 Å². The minimum absolute atomic E-state index is 0.938. The molecule has 0 fully saturated rings. The van der Waals surface area contributed by atoms with Crippen LogP contribution in [0.3, 0.4) is 0 Å². The fourth-order valence-electron chi connectivity index (χ4n) is 0.697. The Morgan fingerprint density at radius 2 is 2.00 bits per heavy atom. The third-order valence-corrected chi connectivity index (χ3v) is 2.32. The Labute approximate surface area is 76.3 Å². The Morgan fingerprint density at radius 3 is 2.64 bits per heavy atom. The molecule has 0 amide bonds. The molecule has 0 spiro atoms. The van der Waals surface area contributed by atoms with Crippen LogP contribution in [0.25, 0.3) is 0 Å². The number of halogens is 1. The van der Waals surface area contributed by atoms with Gasteiger partial charge >= 0.3 is 0 Å². The zero-order chi connectivity index (χ0) is 7.94. The van der Waals surface area contributed by atoms with Gasteiger partial charge in [-0.25, -0.2) is 0 Å². The van der Waals surface area contributed by atoms with E-state index in [9.17, 15) is 0 Å². The topological polar surface area (TPSA) is 0 Å². The van der Waals surface area contributed by atoms with Gasteiger partial charge in [0, 0.05) is 16.2 Å². The van der Waals surface area contributed by atoms with Crippen molar-refractivity contribution in [3.63, 3.8) is 0 Å². The summed E-state index contributed by atoms with van der Waals surface area (Å²) < 4.78 is 0. The first-order valence-corrected chi connectivity index (χ1v) is 4.79. The van der Waals surface area contributed by atoms with Crippen LogP contribution < -0.4 is 0 Å². The average Bonchev–Trinajstić information content (AvgIpc) is 2.07. The normalized spacial score (nSPS) is 10.6. The number of thioether (sulfide) groups is 1. The monoisotopic (exact) mass is 184 g/mol. The van der Waals surface area contributed by atoms with Crippen LogP contribution in [0.2, 0.25) is 0 Å². The van der Waals surface area contributed by atoms with E-state index in [4.69, 9.17) is 11.6 Å². The van der Waals surface area contributed by atoms with Crippen molar-refractivity contribution in [1.29, 1.82) is 0 Å². The van der Waals surface area contributed by atoms with Crippen molar-refractivity contribution in [1.82, 2.24) is 0 Å². The number of hydrogen-bond acceptors (Lipinski definition) is 1. The van der Waals surface area contributed by atoms with Crippen LogP contribution in [0.4, 0.5) is 0 Å². The summed E-state index contributed by atoms with van der Waals surface area (Å²) in [6, 6.07) is 10.3. The minimum Gasteiger partial charge on any atom is -0.122 e. The molecule has 0 aliphatic heterocycles. The fraction of sp³-hybridized carbons (Fsp3) is 0.111. The summed E-state index contributed by atoms with van der Waals surface area (Å²) in [6.45, 7) is 0. The van der Waals surface area contributed by atoms with E-state index in [1.54, 1.807) is 17.3 Å². The van der Waals surface area contributed by atoms with E-state index in [-0.39, 0.29) is 0 Å². The summed E-state index contributed by atoms with van der Waals surface area (Å²) in [5, 5.41) is 0. The number of hydrogen-bond donors (Lipinski definition) is 0. The molecule has 58 valence electrons. The molecule has 0 bridgehead atoms. The first kappa shape index (κ1) is 8.69. The van der Waals surface area contributed by atoms with Crippen LogP contribution in [0.15, 0.2) is 46.8 Å². The highest BCUT2D eigenvalue weighted by Gasteiger charge is 1.86. The van der Waals surface area contributed by atoms with Crippen LogP contribution >= 0.6 is 23.4 Å². The zero-order valence-electron chi connectivity index (χ0n) is 6.03. The number of benzene rings is 1. The van der Waals surface area contributed by atoms with Gasteiger partial charge < -0.3 is 0 Å². The molecular formula is C9H9ClS. The molecule has 0 saturated carbocycles. The molecular weight excluding hydrogens is 176 g/mol. The molecule has 0 aliphatic carbocycles. The van der Waals surface area contributed by atoms with E-state index in [0.29, 0.717) is 0 Å².